The highest BCUT2D eigenvalue weighted by atomic mass is 35.5. The summed E-state index contributed by atoms with van der Waals surface area (Å²) in [5.74, 6) is 0.752. The second kappa shape index (κ2) is 8.73. The van der Waals surface area contributed by atoms with Crippen LogP contribution in [0.1, 0.15) is 31.2 Å². The predicted octanol–water partition coefficient (Wildman–Crippen LogP) is 3.34. The van der Waals surface area contributed by atoms with Crippen molar-refractivity contribution in [3.05, 3.63) is 28.8 Å². The number of rotatable bonds is 6. The number of nitrogens with one attached hydrogen (secondary N) is 1. The fourth-order valence-corrected chi connectivity index (χ4v) is 2.51. The van der Waals surface area contributed by atoms with E-state index >= 15 is 0 Å². The number of aliphatic hydroxyl groups is 1. The summed E-state index contributed by atoms with van der Waals surface area (Å²) >= 11 is 5.95. The van der Waals surface area contributed by atoms with Crippen LogP contribution < -0.4 is 10.1 Å². The Balaban J connectivity index is 0.00000200. The van der Waals surface area contributed by atoms with Gasteiger partial charge in [-0.2, -0.15) is 0 Å². The van der Waals surface area contributed by atoms with Crippen LogP contribution in [-0.2, 0) is 0 Å². The third kappa shape index (κ3) is 5.49. The van der Waals surface area contributed by atoms with Crippen LogP contribution in [0.3, 0.4) is 0 Å². The molecule has 1 atom stereocenters. The van der Waals surface area contributed by atoms with Gasteiger partial charge in [-0.05, 0) is 43.5 Å². The molecule has 0 heterocycles. The molecule has 20 heavy (non-hydrogen) atoms. The number of halogens is 2. The maximum Gasteiger partial charge on any atom is 0.119 e. The zero-order valence-electron chi connectivity index (χ0n) is 11.8. The molecule has 1 aliphatic rings. The predicted molar refractivity (Wildman–Crippen MR) is 85.2 cm³/mol. The van der Waals surface area contributed by atoms with Crippen molar-refractivity contribution in [1.82, 2.24) is 5.32 Å². The standard InChI is InChI=1S/C15H22ClNO2.ClH/c1-11-8-14(6-7-15(11)16)19-10-13(18)9-17-12-4-2-3-5-12;/h6-8,12-13,17-18H,2-5,9-10H2,1H3;1H. The lowest BCUT2D eigenvalue weighted by Gasteiger charge is -2.17. The lowest BCUT2D eigenvalue weighted by atomic mass is 10.2. The van der Waals surface area contributed by atoms with E-state index < -0.39 is 6.10 Å². The fourth-order valence-electron chi connectivity index (χ4n) is 2.39. The van der Waals surface area contributed by atoms with Crippen molar-refractivity contribution >= 4 is 24.0 Å². The van der Waals surface area contributed by atoms with E-state index in [-0.39, 0.29) is 12.4 Å². The van der Waals surface area contributed by atoms with Crippen molar-refractivity contribution < 1.29 is 9.84 Å². The van der Waals surface area contributed by atoms with Gasteiger partial charge in [-0.3, -0.25) is 0 Å². The Morgan fingerprint density at radius 3 is 2.75 bits per heavy atom. The summed E-state index contributed by atoms with van der Waals surface area (Å²) in [6, 6.07) is 6.11. The number of benzene rings is 1. The van der Waals surface area contributed by atoms with E-state index in [1.165, 1.54) is 25.7 Å². The van der Waals surface area contributed by atoms with E-state index in [1.807, 2.05) is 25.1 Å². The van der Waals surface area contributed by atoms with Crippen LogP contribution in [0, 0.1) is 6.92 Å². The van der Waals surface area contributed by atoms with Crippen molar-refractivity contribution in [2.45, 2.75) is 44.8 Å². The molecule has 1 aromatic rings. The van der Waals surface area contributed by atoms with Crippen molar-refractivity contribution in [3.8, 4) is 5.75 Å². The Hall–Kier alpha value is -0.480. The van der Waals surface area contributed by atoms with E-state index in [9.17, 15) is 5.11 Å². The van der Waals surface area contributed by atoms with Crippen molar-refractivity contribution in [2.24, 2.45) is 0 Å². The monoisotopic (exact) mass is 319 g/mol. The van der Waals surface area contributed by atoms with E-state index in [0.29, 0.717) is 19.2 Å². The molecule has 0 bridgehead atoms. The van der Waals surface area contributed by atoms with Gasteiger partial charge >= 0.3 is 0 Å². The third-order valence-corrected chi connectivity index (χ3v) is 3.99. The first-order valence-corrected chi connectivity index (χ1v) is 7.33. The molecule has 0 aromatic heterocycles. The van der Waals surface area contributed by atoms with E-state index in [1.54, 1.807) is 0 Å². The minimum absolute atomic E-state index is 0. The molecule has 1 aliphatic carbocycles. The van der Waals surface area contributed by atoms with Crippen LogP contribution >= 0.6 is 24.0 Å². The number of aryl methyl sites for hydroxylation is 1. The molecule has 2 N–H and O–H groups in total. The van der Waals surface area contributed by atoms with Crippen LogP contribution in [0.25, 0.3) is 0 Å². The van der Waals surface area contributed by atoms with Crippen LogP contribution in [0.4, 0.5) is 0 Å². The minimum atomic E-state index is -0.475. The lowest BCUT2D eigenvalue weighted by Crippen LogP contribution is -2.36. The van der Waals surface area contributed by atoms with Gasteiger partial charge in [-0.15, -0.1) is 12.4 Å². The number of hydrogen-bond acceptors (Lipinski definition) is 3. The number of ether oxygens (including phenoxy) is 1. The Morgan fingerprint density at radius 2 is 2.10 bits per heavy atom. The highest BCUT2D eigenvalue weighted by Gasteiger charge is 2.15. The van der Waals surface area contributed by atoms with Gasteiger partial charge in [0.2, 0.25) is 0 Å². The first-order valence-electron chi connectivity index (χ1n) is 6.95. The van der Waals surface area contributed by atoms with Gasteiger partial charge in [0.15, 0.2) is 0 Å². The summed E-state index contributed by atoms with van der Waals surface area (Å²) in [6.07, 6.45) is 4.58. The Morgan fingerprint density at radius 1 is 1.40 bits per heavy atom. The lowest BCUT2D eigenvalue weighted by molar-refractivity contribution is 0.104. The van der Waals surface area contributed by atoms with E-state index in [0.717, 1.165) is 16.3 Å². The largest absolute Gasteiger partial charge is 0.491 e. The molecule has 1 aromatic carbocycles. The van der Waals surface area contributed by atoms with Gasteiger partial charge in [0.05, 0.1) is 0 Å². The van der Waals surface area contributed by atoms with Crippen LogP contribution in [0.5, 0.6) is 5.75 Å². The average Bonchev–Trinajstić information content (AvgIpc) is 2.91. The molecule has 1 saturated carbocycles. The summed E-state index contributed by atoms with van der Waals surface area (Å²) in [4.78, 5) is 0. The zero-order chi connectivity index (χ0) is 13.7. The Kier molecular flexibility index (Phi) is 7.67. The molecular formula is C15H23Cl2NO2. The number of aliphatic hydroxyl groups excluding tert-OH is 1. The number of hydrogen-bond donors (Lipinski definition) is 2. The quantitative estimate of drug-likeness (QED) is 0.845. The molecule has 1 unspecified atom stereocenters. The summed E-state index contributed by atoms with van der Waals surface area (Å²) in [5.41, 5.74) is 0.984. The van der Waals surface area contributed by atoms with Gasteiger partial charge in [0.1, 0.15) is 18.5 Å². The van der Waals surface area contributed by atoms with Gasteiger partial charge < -0.3 is 15.2 Å². The molecule has 114 valence electrons. The molecule has 0 radical (unpaired) electrons. The van der Waals surface area contributed by atoms with Crippen molar-refractivity contribution in [1.29, 1.82) is 0 Å². The average molecular weight is 320 g/mol. The normalized spacial score (nSPS) is 16.8. The molecule has 2 rings (SSSR count). The minimum Gasteiger partial charge on any atom is -0.491 e. The third-order valence-electron chi connectivity index (χ3n) is 3.57. The first-order chi connectivity index (χ1) is 9.15. The summed E-state index contributed by atoms with van der Waals surface area (Å²) < 4.78 is 5.57. The van der Waals surface area contributed by atoms with Gasteiger partial charge in [-0.1, -0.05) is 24.4 Å². The molecular weight excluding hydrogens is 297 g/mol. The maximum atomic E-state index is 9.88. The Bertz CT molecular complexity index is 409. The van der Waals surface area contributed by atoms with Gasteiger partial charge in [-0.25, -0.2) is 0 Å². The second-order valence-corrected chi connectivity index (χ2v) is 5.67. The smallest absolute Gasteiger partial charge is 0.119 e. The summed E-state index contributed by atoms with van der Waals surface area (Å²) in [5, 5.41) is 14.0. The fraction of sp³-hybridized carbons (Fsp3) is 0.600. The van der Waals surface area contributed by atoms with Crippen LogP contribution in [0.15, 0.2) is 18.2 Å². The zero-order valence-corrected chi connectivity index (χ0v) is 13.3. The van der Waals surface area contributed by atoms with Crippen molar-refractivity contribution in [3.63, 3.8) is 0 Å². The van der Waals surface area contributed by atoms with Crippen LogP contribution in [-0.4, -0.2) is 30.4 Å². The molecule has 5 heteroatoms. The van der Waals surface area contributed by atoms with Gasteiger partial charge in [0, 0.05) is 17.6 Å². The summed E-state index contributed by atoms with van der Waals surface area (Å²) in [6.45, 7) is 2.84. The molecule has 0 amide bonds. The van der Waals surface area contributed by atoms with Gasteiger partial charge in [0.25, 0.3) is 0 Å². The van der Waals surface area contributed by atoms with Crippen LogP contribution in [0.2, 0.25) is 5.02 Å². The van der Waals surface area contributed by atoms with Crippen molar-refractivity contribution in [2.75, 3.05) is 13.2 Å². The first kappa shape index (κ1) is 17.6. The molecule has 0 spiro atoms. The molecule has 1 fully saturated rings. The maximum absolute atomic E-state index is 9.88. The topological polar surface area (TPSA) is 41.5 Å². The second-order valence-electron chi connectivity index (χ2n) is 5.27. The molecule has 0 saturated heterocycles. The molecule has 3 nitrogen and oxygen atoms in total. The Labute approximate surface area is 132 Å². The SMILES string of the molecule is Cc1cc(OCC(O)CNC2CCCC2)ccc1Cl.Cl. The van der Waals surface area contributed by atoms with E-state index in [2.05, 4.69) is 5.32 Å². The highest BCUT2D eigenvalue weighted by Crippen LogP contribution is 2.21. The van der Waals surface area contributed by atoms with E-state index in [4.69, 9.17) is 16.3 Å². The molecule has 0 aliphatic heterocycles. The highest BCUT2D eigenvalue weighted by molar-refractivity contribution is 6.31. The summed E-state index contributed by atoms with van der Waals surface area (Å²) in [7, 11) is 0.